The molecule has 15 heavy (non-hydrogen) atoms. The second kappa shape index (κ2) is 4.14. The van der Waals surface area contributed by atoms with Crippen LogP contribution in [0.25, 0.3) is 0 Å². The van der Waals surface area contributed by atoms with Crippen molar-refractivity contribution in [1.82, 2.24) is 9.55 Å². The van der Waals surface area contributed by atoms with Crippen LogP contribution in [-0.4, -0.2) is 26.5 Å². The molecule has 1 aromatic heterocycles. The van der Waals surface area contributed by atoms with Crippen molar-refractivity contribution in [2.24, 2.45) is 5.92 Å². The van der Waals surface area contributed by atoms with E-state index in [1.807, 2.05) is 11.5 Å². The summed E-state index contributed by atoms with van der Waals surface area (Å²) < 4.78 is 1.81. The number of aliphatic hydroxyl groups excluding tert-OH is 1. The molecule has 1 aliphatic carbocycles. The highest BCUT2D eigenvalue weighted by atomic mass is 16.3. The molecule has 0 bridgehead atoms. The van der Waals surface area contributed by atoms with Gasteiger partial charge in [0.05, 0.1) is 0 Å². The zero-order valence-corrected chi connectivity index (χ0v) is 8.89. The van der Waals surface area contributed by atoms with Gasteiger partial charge in [0.1, 0.15) is 6.10 Å². The van der Waals surface area contributed by atoms with Crippen LogP contribution in [0.15, 0.2) is 12.4 Å². The number of aliphatic hydroxyl groups is 1. The van der Waals surface area contributed by atoms with E-state index in [1.54, 1.807) is 12.4 Å². The third kappa shape index (κ3) is 2.09. The molecule has 0 radical (unpaired) electrons. The summed E-state index contributed by atoms with van der Waals surface area (Å²) >= 11 is 0. The Kier molecular flexibility index (Phi) is 2.86. The van der Waals surface area contributed by atoms with Crippen molar-refractivity contribution in [3.8, 4) is 0 Å². The van der Waals surface area contributed by atoms with Crippen LogP contribution in [0.4, 0.5) is 0 Å². The number of rotatable bonds is 5. The zero-order valence-electron chi connectivity index (χ0n) is 8.89. The molecule has 0 saturated heterocycles. The lowest BCUT2D eigenvalue weighted by atomic mass is 10.1. The Labute approximate surface area is 88.9 Å². The van der Waals surface area contributed by atoms with Crippen LogP contribution in [0.5, 0.6) is 0 Å². The molecule has 82 valence electrons. The van der Waals surface area contributed by atoms with Crippen LogP contribution in [0.3, 0.4) is 0 Å². The largest absolute Gasteiger partial charge is 0.385 e. The molecule has 1 saturated carbocycles. The van der Waals surface area contributed by atoms with E-state index in [0.29, 0.717) is 5.82 Å². The molecule has 1 aromatic rings. The number of carbonyl (C=O) groups is 1. The molecule has 1 fully saturated rings. The molecule has 1 N–H and O–H groups in total. The van der Waals surface area contributed by atoms with Gasteiger partial charge in [-0.05, 0) is 25.2 Å². The lowest BCUT2D eigenvalue weighted by Gasteiger charge is -2.09. The fourth-order valence-electron chi connectivity index (χ4n) is 1.71. The Hall–Kier alpha value is -1.16. The van der Waals surface area contributed by atoms with Gasteiger partial charge in [-0.1, -0.05) is 6.92 Å². The summed E-state index contributed by atoms with van der Waals surface area (Å²) in [6.45, 7) is 2.82. The number of aromatic nitrogens is 2. The maximum atomic E-state index is 11.8. The fourth-order valence-corrected chi connectivity index (χ4v) is 1.71. The van der Waals surface area contributed by atoms with Crippen LogP contribution in [0, 0.1) is 5.92 Å². The van der Waals surface area contributed by atoms with Gasteiger partial charge in [0, 0.05) is 18.9 Å². The molecule has 1 unspecified atom stereocenters. The first kappa shape index (κ1) is 10.4. The summed E-state index contributed by atoms with van der Waals surface area (Å²) in [5, 5.41) is 9.72. The van der Waals surface area contributed by atoms with Crippen LogP contribution < -0.4 is 0 Å². The van der Waals surface area contributed by atoms with Crippen molar-refractivity contribution in [3.05, 3.63) is 18.2 Å². The van der Waals surface area contributed by atoms with Crippen molar-refractivity contribution in [3.63, 3.8) is 0 Å². The molecule has 0 aliphatic heterocycles. The molecule has 0 spiro atoms. The summed E-state index contributed by atoms with van der Waals surface area (Å²) in [5.41, 5.74) is 0. The smallest absolute Gasteiger partial charge is 0.226 e. The predicted molar refractivity (Wildman–Crippen MR) is 55.6 cm³/mol. The average Bonchev–Trinajstić information content (AvgIpc) is 2.98. The van der Waals surface area contributed by atoms with Gasteiger partial charge in [0.2, 0.25) is 5.78 Å². The summed E-state index contributed by atoms with van der Waals surface area (Å²) in [6, 6.07) is 0. The van der Waals surface area contributed by atoms with Gasteiger partial charge in [-0.2, -0.15) is 0 Å². The minimum atomic E-state index is -0.844. The highest BCUT2D eigenvalue weighted by Crippen LogP contribution is 2.33. The SMILES string of the molecule is CCCn1ccnc1C(=O)C(O)C1CC1. The first-order valence-electron chi connectivity index (χ1n) is 5.47. The van der Waals surface area contributed by atoms with Crippen LogP contribution in [-0.2, 0) is 6.54 Å². The summed E-state index contributed by atoms with van der Waals surface area (Å²) in [6.07, 6.45) is 5.43. The Morgan fingerprint density at radius 1 is 1.73 bits per heavy atom. The van der Waals surface area contributed by atoms with E-state index in [2.05, 4.69) is 4.98 Å². The quantitative estimate of drug-likeness (QED) is 0.741. The lowest BCUT2D eigenvalue weighted by Crippen LogP contribution is -2.26. The summed E-state index contributed by atoms with van der Waals surface area (Å²) in [4.78, 5) is 15.9. The Bertz CT molecular complexity index is 355. The number of ketones is 1. The van der Waals surface area contributed by atoms with Crippen molar-refractivity contribution in [2.75, 3.05) is 0 Å². The number of hydrogen-bond donors (Lipinski definition) is 1. The molecular formula is C11H16N2O2. The number of Topliss-reactive ketones (excluding diaryl/α,β-unsaturated/α-hetero) is 1. The normalized spacial score (nSPS) is 17.7. The number of nitrogens with zero attached hydrogens (tertiary/aromatic N) is 2. The van der Waals surface area contributed by atoms with Gasteiger partial charge in [0.25, 0.3) is 0 Å². The third-order valence-electron chi connectivity index (χ3n) is 2.74. The van der Waals surface area contributed by atoms with Crippen molar-refractivity contribution >= 4 is 5.78 Å². The highest BCUT2D eigenvalue weighted by molar-refractivity contribution is 5.96. The molecule has 1 aliphatic rings. The minimum Gasteiger partial charge on any atom is -0.385 e. The van der Waals surface area contributed by atoms with Crippen molar-refractivity contribution in [2.45, 2.75) is 38.8 Å². The van der Waals surface area contributed by atoms with Gasteiger partial charge in [-0.25, -0.2) is 4.98 Å². The van der Waals surface area contributed by atoms with Crippen LogP contribution >= 0.6 is 0 Å². The van der Waals surface area contributed by atoms with E-state index in [4.69, 9.17) is 0 Å². The molecule has 0 amide bonds. The van der Waals surface area contributed by atoms with E-state index in [-0.39, 0.29) is 11.7 Å². The van der Waals surface area contributed by atoms with Gasteiger partial charge in [-0.3, -0.25) is 4.79 Å². The molecule has 4 heteroatoms. The number of aryl methyl sites for hydroxylation is 1. The fraction of sp³-hybridized carbons (Fsp3) is 0.636. The Morgan fingerprint density at radius 3 is 3.07 bits per heavy atom. The maximum Gasteiger partial charge on any atom is 0.226 e. The highest BCUT2D eigenvalue weighted by Gasteiger charge is 2.36. The van der Waals surface area contributed by atoms with E-state index < -0.39 is 6.10 Å². The van der Waals surface area contributed by atoms with E-state index in [1.165, 1.54) is 0 Å². The van der Waals surface area contributed by atoms with Crippen LogP contribution in [0.2, 0.25) is 0 Å². The molecule has 0 aromatic carbocycles. The second-order valence-electron chi connectivity index (χ2n) is 4.09. The Balaban J connectivity index is 2.13. The van der Waals surface area contributed by atoms with E-state index in [0.717, 1.165) is 25.8 Å². The van der Waals surface area contributed by atoms with Gasteiger partial charge < -0.3 is 9.67 Å². The monoisotopic (exact) mass is 208 g/mol. The van der Waals surface area contributed by atoms with E-state index in [9.17, 15) is 9.90 Å². The standard InChI is InChI=1S/C11H16N2O2/c1-2-6-13-7-5-12-11(13)10(15)9(14)8-3-4-8/h5,7-9,14H,2-4,6H2,1H3. The minimum absolute atomic E-state index is 0.171. The first-order valence-corrected chi connectivity index (χ1v) is 5.47. The van der Waals surface area contributed by atoms with Gasteiger partial charge in [0.15, 0.2) is 5.82 Å². The molecule has 4 nitrogen and oxygen atoms in total. The number of carbonyl (C=O) groups excluding carboxylic acids is 1. The number of imidazole rings is 1. The Morgan fingerprint density at radius 2 is 2.47 bits per heavy atom. The number of hydrogen-bond acceptors (Lipinski definition) is 3. The maximum absolute atomic E-state index is 11.8. The second-order valence-corrected chi connectivity index (χ2v) is 4.09. The van der Waals surface area contributed by atoms with Gasteiger partial charge in [-0.15, -0.1) is 0 Å². The zero-order chi connectivity index (χ0) is 10.8. The predicted octanol–water partition coefficient (Wildman–Crippen LogP) is 1.25. The molecule has 1 heterocycles. The first-order chi connectivity index (χ1) is 7.24. The van der Waals surface area contributed by atoms with Gasteiger partial charge >= 0.3 is 0 Å². The lowest BCUT2D eigenvalue weighted by molar-refractivity contribution is 0.0687. The van der Waals surface area contributed by atoms with Crippen LogP contribution in [0.1, 0.15) is 36.8 Å². The van der Waals surface area contributed by atoms with Crippen molar-refractivity contribution < 1.29 is 9.90 Å². The summed E-state index contributed by atoms with van der Waals surface area (Å²) in [5.74, 6) is 0.344. The topological polar surface area (TPSA) is 55.1 Å². The summed E-state index contributed by atoms with van der Waals surface area (Å²) in [7, 11) is 0. The molecule has 1 atom stereocenters. The third-order valence-corrected chi connectivity index (χ3v) is 2.74. The molecular weight excluding hydrogens is 192 g/mol. The average molecular weight is 208 g/mol. The molecule has 2 rings (SSSR count). The van der Waals surface area contributed by atoms with E-state index >= 15 is 0 Å². The van der Waals surface area contributed by atoms with Crippen molar-refractivity contribution in [1.29, 1.82) is 0 Å².